The molecule has 0 aliphatic rings. The van der Waals surface area contributed by atoms with Gasteiger partial charge in [0.2, 0.25) is 11.9 Å². The molecule has 0 bridgehead atoms. The molecule has 0 aliphatic heterocycles. The van der Waals surface area contributed by atoms with Crippen LogP contribution in [0.3, 0.4) is 0 Å². The molecule has 2 aromatic rings. The molecule has 0 spiro atoms. The van der Waals surface area contributed by atoms with Crippen molar-refractivity contribution in [2.45, 2.75) is 45.3 Å². The fraction of sp³-hybridized carbons (Fsp3) is 0.500. The highest BCUT2D eigenvalue weighted by Gasteiger charge is 2.24. The first-order valence-corrected chi connectivity index (χ1v) is 7.72. The summed E-state index contributed by atoms with van der Waals surface area (Å²) in [6.07, 6.45) is 1.91. The minimum absolute atomic E-state index is 0.0266. The van der Waals surface area contributed by atoms with E-state index in [2.05, 4.69) is 31.7 Å². The summed E-state index contributed by atoms with van der Waals surface area (Å²) in [5, 5.41) is 5.22. The van der Waals surface area contributed by atoms with Crippen molar-refractivity contribution in [2.75, 3.05) is 11.1 Å². The van der Waals surface area contributed by atoms with Gasteiger partial charge in [0.15, 0.2) is 11.5 Å². The lowest BCUT2D eigenvalue weighted by molar-refractivity contribution is 0.206. The van der Waals surface area contributed by atoms with E-state index in [0.29, 0.717) is 5.95 Å². The highest BCUT2D eigenvalue weighted by Crippen LogP contribution is 2.22. The lowest BCUT2D eigenvalue weighted by atomic mass is 10.1. The van der Waals surface area contributed by atoms with Crippen molar-refractivity contribution >= 4 is 23.2 Å². The minimum atomic E-state index is -1.65. The molecule has 7 heteroatoms. The van der Waals surface area contributed by atoms with Gasteiger partial charge in [0, 0.05) is 10.9 Å². The van der Waals surface area contributed by atoms with Gasteiger partial charge in [-0.3, -0.25) is 0 Å². The Morgan fingerprint density at radius 2 is 2.14 bits per heavy atom. The Morgan fingerprint density at radius 3 is 2.76 bits per heavy atom. The Hall–Kier alpha value is -1.76. The molecule has 114 valence electrons. The maximum atomic E-state index is 13.9. The number of halogens is 1. The van der Waals surface area contributed by atoms with E-state index in [0.717, 1.165) is 12.8 Å². The molecule has 0 amide bonds. The van der Waals surface area contributed by atoms with Gasteiger partial charge in [-0.2, -0.15) is 15.0 Å². The number of nitrogens with one attached hydrogen (secondary N) is 1. The third kappa shape index (κ3) is 4.63. The van der Waals surface area contributed by atoms with Crippen molar-refractivity contribution in [3.63, 3.8) is 0 Å². The van der Waals surface area contributed by atoms with E-state index < -0.39 is 5.67 Å². The standard InChI is InChI=1S/C14H20FN5S/c1-9(6-7-10-5-4-8-21-10)17-13-19-11(14(2,3)15)18-12(16)20-13/h4-5,8-9H,6-7H2,1-3H3,(H3,16,17,18,19,20). The molecule has 2 heterocycles. The van der Waals surface area contributed by atoms with E-state index in [4.69, 9.17) is 5.73 Å². The molecule has 5 nitrogen and oxygen atoms in total. The number of hydrogen-bond acceptors (Lipinski definition) is 6. The van der Waals surface area contributed by atoms with E-state index in [1.807, 2.05) is 13.0 Å². The molecule has 2 aromatic heterocycles. The number of rotatable bonds is 6. The number of anilines is 2. The van der Waals surface area contributed by atoms with Crippen LogP contribution < -0.4 is 11.1 Å². The summed E-state index contributed by atoms with van der Waals surface area (Å²) < 4.78 is 13.9. The molecule has 0 saturated carbocycles. The molecular formula is C14H20FN5S. The Labute approximate surface area is 127 Å². The molecule has 1 atom stereocenters. The fourth-order valence-corrected chi connectivity index (χ4v) is 2.55. The van der Waals surface area contributed by atoms with Crippen LogP contribution >= 0.6 is 11.3 Å². The van der Waals surface area contributed by atoms with Crippen molar-refractivity contribution in [1.29, 1.82) is 0 Å². The molecule has 3 N–H and O–H groups in total. The van der Waals surface area contributed by atoms with Crippen LogP contribution in [0.25, 0.3) is 0 Å². The average Bonchev–Trinajstić information content (AvgIpc) is 2.87. The molecule has 0 saturated heterocycles. The van der Waals surface area contributed by atoms with Gasteiger partial charge in [0.25, 0.3) is 0 Å². The Balaban J connectivity index is 2.00. The zero-order valence-corrected chi connectivity index (χ0v) is 13.2. The molecule has 0 fully saturated rings. The van der Waals surface area contributed by atoms with Crippen LogP contribution in [0.15, 0.2) is 17.5 Å². The fourth-order valence-electron chi connectivity index (χ4n) is 1.83. The van der Waals surface area contributed by atoms with Crippen LogP contribution in [-0.2, 0) is 12.1 Å². The smallest absolute Gasteiger partial charge is 0.228 e. The number of aromatic nitrogens is 3. The van der Waals surface area contributed by atoms with Gasteiger partial charge in [0.05, 0.1) is 0 Å². The normalized spacial score (nSPS) is 13.1. The van der Waals surface area contributed by atoms with E-state index in [9.17, 15) is 4.39 Å². The maximum Gasteiger partial charge on any atom is 0.228 e. The quantitative estimate of drug-likeness (QED) is 0.857. The lowest BCUT2D eigenvalue weighted by Crippen LogP contribution is -2.22. The van der Waals surface area contributed by atoms with E-state index >= 15 is 0 Å². The SMILES string of the molecule is CC(CCc1cccs1)Nc1nc(N)nc(C(C)(C)F)n1. The second kappa shape index (κ2) is 6.34. The maximum absolute atomic E-state index is 13.9. The zero-order chi connectivity index (χ0) is 15.5. The first kappa shape index (κ1) is 15.6. The summed E-state index contributed by atoms with van der Waals surface area (Å²) in [6.45, 7) is 4.82. The Morgan fingerprint density at radius 1 is 1.38 bits per heavy atom. The molecular weight excluding hydrogens is 289 g/mol. The summed E-state index contributed by atoms with van der Waals surface area (Å²) in [5.74, 6) is 0.392. The van der Waals surface area contributed by atoms with Gasteiger partial charge in [-0.05, 0) is 45.1 Å². The van der Waals surface area contributed by atoms with E-state index in [1.165, 1.54) is 18.7 Å². The Kier molecular flexibility index (Phi) is 4.72. The van der Waals surface area contributed by atoms with E-state index in [-0.39, 0.29) is 17.8 Å². The number of thiophene rings is 1. The van der Waals surface area contributed by atoms with Crippen LogP contribution in [0.1, 0.15) is 37.9 Å². The third-order valence-electron chi connectivity index (χ3n) is 2.96. The minimum Gasteiger partial charge on any atom is -0.368 e. The van der Waals surface area contributed by atoms with Gasteiger partial charge in [-0.15, -0.1) is 11.3 Å². The second-order valence-corrected chi connectivity index (χ2v) is 6.51. The first-order valence-electron chi connectivity index (χ1n) is 6.84. The summed E-state index contributed by atoms with van der Waals surface area (Å²) in [4.78, 5) is 13.3. The number of nitrogens with two attached hydrogens (primary N) is 1. The summed E-state index contributed by atoms with van der Waals surface area (Å²) >= 11 is 1.74. The molecule has 21 heavy (non-hydrogen) atoms. The third-order valence-corrected chi connectivity index (χ3v) is 3.90. The van der Waals surface area contributed by atoms with Crippen molar-refractivity contribution in [2.24, 2.45) is 0 Å². The van der Waals surface area contributed by atoms with Crippen LogP contribution in [-0.4, -0.2) is 21.0 Å². The second-order valence-electron chi connectivity index (χ2n) is 5.48. The van der Waals surface area contributed by atoms with Crippen LogP contribution in [0.2, 0.25) is 0 Å². The van der Waals surface area contributed by atoms with Crippen LogP contribution in [0.4, 0.5) is 16.3 Å². The molecule has 0 aromatic carbocycles. The van der Waals surface area contributed by atoms with Gasteiger partial charge in [-0.25, -0.2) is 4.39 Å². The predicted octanol–water partition coefficient (Wildman–Crippen LogP) is 3.15. The van der Waals surface area contributed by atoms with Gasteiger partial charge < -0.3 is 11.1 Å². The topological polar surface area (TPSA) is 76.7 Å². The van der Waals surface area contributed by atoms with Crippen molar-refractivity contribution in [3.05, 3.63) is 28.2 Å². The number of nitrogens with zero attached hydrogens (tertiary/aromatic N) is 3. The van der Waals surface area contributed by atoms with Gasteiger partial charge in [0.1, 0.15) is 0 Å². The summed E-state index contributed by atoms with van der Waals surface area (Å²) in [6, 6.07) is 4.31. The number of hydrogen-bond donors (Lipinski definition) is 2. The summed E-state index contributed by atoms with van der Waals surface area (Å²) in [7, 11) is 0. The first-order chi connectivity index (χ1) is 9.84. The van der Waals surface area contributed by atoms with Gasteiger partial charge in [-0.1, -0.05) is 6.07 Å². The van der Waals surface area contributed by atoms with Crippen molar-refractivity contribution in [1.82, 2.24) is 15.0 Å². The predicted molar refractivity (Wildman–Crippen MR) is 84.1 cm³/mol. The number of alkyl halides is 1. The van der Waals surface area contributed by atoms with Crippen LogP contribution in [0.5, 0.6) is 0 Å². The zero-order valence-electron chi connectivity index (χ0n) is 12.4. The van der Waals surface area contributed by atoms with Crippen LogP contribution in [0, 0.1) is 0 Å². The summed E-state index contributed by atoms with van der Waals surface area (Å²) in [5.41, 5.74) is 3.97. The Bertz CT molecular complexity index is 580. The van der Waals surface area contributed by atoms with Crippen molar-refractivity contribution < 1.29 is 4.39 Å². The monoisotopic (exact) mass is 309 g/mol. The highest BCUT2D eigenvalue weighted by atomic mass is 32.1. The highest BCUT2D eigenvalue weighted by molar-refractivity contribution is 7.09. The molecule has 0 aliphatic carbocycles. The largest absolute Gasteiger partial charge is 0.368 e. The molecule has 2 rings (SSSR count). The van der Waals surface area contributed by atoms with Gasteiger partial charge >= 0.3 is 0 Å². The number of nitrogen functional groups attached to an aromatic ring is 1. The van der Waals surface area contributed by atoms with E-state index in [1.54, 1.807) is 11.3 Å². The molecule has 1 unspecified atom stereocenters. The van der Waals surface area contributed by atoms with Crippen molar-refractivity contribution in [3.8, 4) is 0 Å². The lowest BCUT2D eigenvalue weighted by Gasteiger charge is -2.17. The molecule has 0 radical (unpaired) electrons. The average molecular weight is 309 g/mol. The number of aryl methyl sites for hydroxylation is 1.